The fraction of sp³-hybridized carbons (Fsp3) is 0.857. The van der Waals surface area contributed by atoms with Crippen LogP contribution in [0.25, 0.3) is 0 Å². The van der Waals surface area contributed by atoms with Gasteiger partial charge in [0.2, 0.25) is 0 Å². The van der Waals surface area contributed by atoms with Gasteiger partial charge in [0, 0.05) is 12.8 Å². The van der Waals surface area contributed by atoms with Gasteiger partial charge in [-0.05, 0) is 0 Å². The number of carbonyl (C=O) groups excluding carboxylic acids is 1. The number of hydrogen-bond acceptors (Lipinski definition) is 5. The van der Waals surface area contributed by atoms with Crippen LogP contribution in [0.2, 0.25) is 0 Å². The van der Waals surface area contributed by atoms with Crippen LogP contribution in [0.5, 0.6) is 0 Å². The van der Waals surface area contributed by atoms with E-state index in [1.54, 1.807) is 0 Å². The first-order chi connectivity index (χ1) is 5.53. The van der Waals surface area contributed by atoms with Crippen LogP contribution in [-0.4, -0.2) is 45.2 Å². The van der Waals surface area contributed by atoms with Crippen LogP contribution in [0.15, 0.2) is 0 Å². The van der Waals surface area contributed by atoms with Crippen molar-refractivity contribution >= 4 is 5.97 Å². The minimum atomic E-state index is -1.57. The molecule has 12 heavy (non-hydrogen) atoms. The Labute approximate surface area is 68.6 Å². The molecular formula is C7H10O5. The summed E-state index contributed by atoms with van der Waals surface area (Å²) in [5.41, 5.74) is -1.57. The summed E-state index contributed by atoms with van der Waals surface area (Å²) in [6.45, 7) is 0. The van der Waals surface area contributed by atoms with Gasteiger partial charge in [-0.25, -0.2) is 4.79 Å². The van der Waals surface area contributed by atoms with Gasteiger partial charge < -0.3 is 20.1 Å². The second kappa shape index (κ2) is 2.18. The molecule has 2 fully saturated rings. The molecule has 0 spiro atoms. The molecule has 0 aromatic rings. The van der Waals surface area contributed by atoms with Gasteiger partial charge in [-0.3, -0.25) is 0 Å². The molecule has 4 atom stereocenters. The fourth-order valence-electron chi connectivity index (χ4n) is 1.78. The molecule has 3 N–H and O–H groups in total. The molecule has 0 amide bonds. The summed E-state index contributed by atoms with van der Waals surface area (Å²) in [4.78, 5) is 11.0. The van der Waals surface area contributed by atoms with Gasteiger partial charge in [0.1, 0.15) is 12.2 Å². The molecule has 68 valence electrons. The van der Waals surface area contributed by atoms with Crippen LogP contribution in [0.3, 0.4) is 0 Å². The van der Waals surface area contributed by atoms with Crippen molar-refractivity contribution < 1.29 is 24.9 Å². The third-order valence-electron chi connectivity index (χ3n) is 2.50. The monoisotopic (exact) mass is 174 g/mol. The van der Waals surface area contributed by atoms with Crippen LogP contribution in [-0.2, 0) is 9.53 Å². The second-order valence-electron chi connectivity index (χ2n) is 3.44. The third kappa shape index (κ3) is 0.872. The number of carbonyl (C=O) groups is 1. The van der Waals surface area contributed by atoms with E-state index in [1.165, 1.54) is 0 Å². The van der Waals surface area contributed by atoms with Gasteiger partial charge >= 0.3 is 5.97 Å². The first-order valence-corrected chi connectivity index (χ1v) is 3.82. The van der Waals surface area contributed by atoms with Gasteiger partial charge in [-0.1, -0.05) is 0 Å². The fourth-order valence-corrected chi connectivity index (χ4v) is 1.78. The summed E-state index contributed by atoms with van der Waals surface area (Å²) >= 11 is 0. The molecule has 2 aliphatic rings. The summed E-state index contributed by atoms with van der Waals surface area (Å²) < 4.78 is 4.67. The van der Waals surface area contributed by atoms with E-state index in [0.717, 1.165) is 0 Å². The zero-order chi connectivity index (χ0) is 8.93. The van der Waals surface area contributed by atoms with E-state index in [2.05, 4.69) is 4.74 Å². The highest BCUT2D eigenvalue weighted by molar-refractivity contribution is 5.82. The average molecular weight is 174 g/mol. The SMILES string of the molecule is O=C1O[C@@H]2C[C@]1(O)C[C@@H](O)[C@H]2O. The lowest BCUT2D eigenvalue weighted by Crippen LogP contribution is -2.48. The average Bonchev–Trinajstić information content (AvgIpc) is 2.22. The van der Waals surface area contributed by atoms with Gasteiger partial charge in [0.05, 0.1) is 6.10 Å². The normalized spacial score (nSPS) is 52.2. The molecule has 0 aromatic carbocycles. The molecule has 1 aliphatic carbocycles. The minimum absolute atomic E-state index is 0.0874. The summed E-state index contributed by atoms with van der Waals surface area (Å²) in [5, 5.41) is 28.0. The predicted molar refractivity (Wildman–Crippen MR) is 36.1 cm³/mol. The molecule has 2 bridgehead atoms. The molecule has 1 heterocycles. The zero-order valence-electron chi connectivity index (χ0n) is 6.30. The highest BCUT2D eigenvalue weighted by Gasteiger charge is 2.56. The summed E-state index contributed by atoms with van der Waals surface area (Å²) in [5.74, 6) is -0.733. The van der Waals surface area contributed by atoms with Gasteiger partial charge in [-0.15, -0.1) is 0 Å². The molecule has 5 nitrogen and oxygen atoms in total. The van der Waals surface area contributed by atoms with Crippen LogP contribution in [0.4, 0.5) is 0 Å². The Morgan fingerprint density at radius 1 is 1.42 bits per heavy atom. The number of rotatable bonds is 0. The highest BCUT2D eigenvalue weighted by Crippen LogP contribution is 2.37. The van der Waals surface area contributed by atoms with Crippen molar-refractivity contribution in [2.24, 2.45) is 0 Å². The van der Waals surface area contributed by atoms with Gasteiger partial charge in [0.15, 0.2) is 5.60 Å². The zero-order valence-corrected chi connectivity index (χ0v) is 6.30. The Morgan fingerprint density at radius 3 is 2.75 bits per heavy atom. The van der Waals surface area contributed by atoms with E-state index in [9.17, 15) is 20.1 Å². The van der Waals surface area contributed by atoms with Crippen molar-refractivity contribution in [2.45, 2.75) is 36.8 Å². The van der Waals surface area contributed by atoms with Crippen molar-refractivity contribution in [1.29, 1.82) is 0 Å². The Kier molecular flexibility index (Phi) is 1.45. The molecule has 2 rings (SSSR count). The standard InChI is InChI=1S/C7H10O5/c8-3-1-7(11)2-4(5(3)9)12-6(7)10/h3-5,8-9,11H,1-2H2/t3-,4-,5-,7-/m1/s1. The Balaban J connectivity index is 2.28. The number of ether oxygens (including phenoxy) is 1. The van der Waals surface area contributed by atoms with Crippen molar-refractivity contribution in [2.75, 3.05) is 0 Å². The van der Waals surface area contributed by atoms with E-state index in [1.807, 2.05) is 0 Å². The van der Waals surface area contributed by atoms with Crippen LogP contribution >= 0.6 is 0 Å². The summed E-state index contributed by atoms with van der Waals surface area (Å²) in [7, 11) is 0. The lowest BCUT2D eigenvalue weighted by molar-refractivity contribution is -0.154. The quantitative estimate of drug-likeness (QED) is 0.375. The summed E-state index contributed by atoms with van der Waals surface area (Å²) in [6.07, 6.45) is -2.92. The maximum atomic E-state index is 11.0. The number of aliphatic hydroxyl groups is 3. The first-order valence-electron chi connectivity index (χ1n) is 3.82. The van der Waals surface area contributed by atoms with Crippen molar-refractivity contribution in [3.8, 4) is 0 Å². The molecule has 5 heteroatoms. The maximum Gasteiger partial charge on any atom is 0.338 e. The number of hydrogen-bond donors (Lipinski definition) is 3. The van der Waals surface area contributed by atoms with E-state index >= 15 is 0 Å². The van der Waals surface area contributed by atoms with E-state index < -0.39 is 29.9 Å². The van der Waals surface area contributed by atoms with Crippen LogP contribution in [0.1, 0.15) is 12.8 Å². The van der Waals surface area contributed by atoms with Crippen molar-refractivity contribution in [3.63, 3.8) is 0 Å². The third-order valence-corrected chi connectivity index (χ3v) is 2.50. The van der Waals surface area contributed by atoms with Gasteiger partial charge in [-0.2, -0.15) is 0 Å². The topological polar surface area (TPSA) is 87.0 Å². The number of aliphatic hydroxyl groups excluding tert-OH is 2. The predicted octanol–water partition coefficient (Wildman–Crippen LogP) is -1.84. The second-order valence-corrected chi connectivity index (χ2v) is 3.44. The summed E-state index contributed by atoms with van der Waals surface area (Å²) in [6, 6.07) is 0. The molecule has 0 aromatic heterocycles. The Bertz CT molecular complexity index is 228. The highest BCUT2D eigenvalue weighted by atomic mass is 16.6. The molecule has 1 saturated heterocycles. The van der Waals surface area contributed by atoms with Crippen LogP contribution < -0.4 is 0 Å². The molecule has 1 saturated carbocycles. The Hall–Kier alpha value is -0.650. The number of esters is 1. The smallest absolute Gasteiger partial charge is 0.338 e. The molecule has 0 radical (unpaired) electrons. The van der Waals surface area contributed by atoms with E-state index in [-0.39, 0.29) is 12.8 Å². The van der Waals surface area contributed by atoms with Crippen molar-refractivity contribution in [3.05, 3.63) is 0 Å². The molecule has 0 unspecified atom stereocenters. The first kappa shape index (κ1) is 7.97. The molecular weight excluding hydrogens is 164 g/mol. The van der Waals surface area contributed by atoms with E-state index in [4.69, 9.17) is 0 Å². The minimum Gasteiger partial charge on any atom is -0.457 e. The number of fused-ring (bicyclic) bond motifs is 2. The van der Waals surface area contributed by atoms with Gasteiger partial charge in [0.25, 0.3) is 0 Å². The maximum absolute atomic E-state index is 11.0. The molecule has 1 aliphatic heterocycles. The van der Waals surface area contributed by atoms with E-state index in [0.29, 0.717) is 0 Å². The largest absolute Gasteiger partial charge is 0.457 e. The lowest BCUT2D eigenvalue weighted by atomic mass is 9.82. The van der Waals surface area contributed by atoms with Crippen LogP contribution in [0, 0.1) is 0 Å². The van der Waals surface area contributed by atoms with Crippen molar-refractivity contribution in [1.82, 2.24) is 0 Å². The Morgan fingerprint density at radius 2 is 2.08 bits per heavy atom. The lowest BCUT2D eigenvalue weighted by Gasteiger charge is -2.30.